The third-order valence-electron chi connectivity index (χ3n) is 0.691. The van der Waals surface area contributed by atoms with Gasteiger partial charge in [-0.15, -0.1) is 12.4 Å². The van der Waals surface area contributed by atoms with Crippen molar-refractivity contribution < 1.29 is 8.42 Å². The lowest BCUT2D eigenvalue weighted by Gasteiger charge is -1.92. The molecule has 0 aromatic rings. The summed E-state index contributed by atoms with van der Waals surface area (Å²) in [5.41, 5.74) is 0. The molecule has 8 heavy (non-hydrogen) atoms. The molecule has 0 aliphatic rings. The maximum atomic E-state index is 10.3. The van der Waals surface area contributed by atoms with E-state index in [2.05, 4.69) is 4.72 Å². The van der Waals surface area contributed by atoms with Gasteiger partial charge in [-0.1, -0.05) is 0 Å². The Morgan fingerprint density at radius 2 is 1.88 bits per heavy atom. The molecule has 1 N–H and O–H groups in total. The first-order valence-electron chi connectivity index (χ1n) is 2.03. The van der Waals surface area contributed by atoms with E-state index in [1.165, 1.54) is 7.05 Å². The fraction of sp³-hybridized carbons (Fsp3) is 1.00. The van der Waals surface area contributed by atoms with Gasteiger partial charge in [0, 0.05) is 0 Å². The van der Waals surface area contributed by atoms with Crippen LogP contribution in [0.25, 0.3) is 0 Å². The Kier molecular flexibility index (Phi) is 5.69. The number of hydrogen-bond donors (Lipinski definition) is 1. The van der Waals surface area contributed by atoms with Crippen molar-refractivity contribution in [3.05, 3.63) is 0 Å². The molecule has 0 aromatic heterocycles. The molecule has 0 unspecified atom stereocenters. The molecule has 5 heteroatoms. The van der Waals surface area contributed by atoms with Crippen LogP contribution in [0.15, 0.2) is 0 Å². The highest BCUT2D eigenvalue weighted by Gasteiger charge is 1.97. The summed E-state index contributed by atoms with van der Waals surface area (Å²) in [6, 6.07) is 0. The molecule has 0 aliphatic heterocycles. The Balaban J connectivity index is 0. The smallest absolute Gasteiger partial charge is 0.211 e. The molecule has 0 aliphatic carbocycles. The van der Waals surface area contributed by atoms with Gasteiger partial charge in [-0.25, -0.2) is 13.1 Å². The quantitative estimate of drug-likeness (QED) is 0.616. The summed E-state index contributed by atoms with van der Waals surface area (Å²) in [5, 5.41) is 0. The van der Waals surface area contributed by atoms with Crippen LogP contribution < -0.4 is 4.72 Å². The topological polar surface area (TPSA) is 46.2 Å². The van der Waals surface area contributed by atoms with Crippen LogP contribution in [0.3, 0.4) is 0 Å². The highest BCUT2D eigenvalue weighted by molar-refractivity contribution is 7.89. The normalized spacial score (nSPS) is 10.2. The monoisotopic (exact) mass is 159 g/mol. The minimum Gasteiger partial charge on any atom is -0.218 e. The van der Waals surface area contributed by atoms with Crippen LogP contribution in [-0.4, -0.2) is 21.2 Å². The molecule has 0 saturated heterocycles. The molecule has 3 nitrogen and oxygen atoms in total. The van der Waals surface area contributed by atoms with Crippen LogP contribution in [0, 0.1) is 0 Å². The first-order valence-corrected chi connectivity index (χ1v) is 3.69. The van der Waals surface area contributed by atoms with Crippen LogP contribution in [0.1, 0.15) is 6.92 Å². The van der Waals surface area contributed by atoms with Gasteiger partial charge in [-0.3, -0.25) is 0 Å². The zero-order valence-corrected chi connectivity index (χ0v) is 6.47. The Hall–Kier alpha value is 0.200. The number of halogens is 1. The second-order valence-corrected chi connectivity index (χ2v) is 3.32. The van der Waals surface area contributed by atoms with Gasteiger partial charge in [0.05, 0.1) is 5.75 Å². The van der Waals surface area contributed by atoms with Gasteiger partial charge < -0.3 is 0 Å². The molecule has 0 bridgehead atoms. The van der Waals surface area contributed by atoms with Crippen molar-refractivity contribution in [2.75, 3.05) is 12.8 Å². The van der Waals surface area contributed by atoms with Crippen molar-refractivity contribution in [1.82, 2.24) is 4.72 Å². The van der Waals surface area contributed by atoms with E-state index < -0.39 is 10.0 Å². The summed E-state index contributed by atoms with van der Waals surface area (Å²) in [5.74, 6) is 0.156. The van der Waals surface area contributed by atoms with E-state index in [4.69, 9.17) is 0 Å². The molecule has 0 amide bonds. The SMILES string of the molecule is CCS(=O)(=O)NC.Cl. The predicted octanol–water partition coefficient (Wildman–Crippen LogP) is -0.0227. The third kappa shape index (κ3) is 4.36. The molecule has 0 spiro atoms. The van der Waals surface area contributed by atoms with Crippen LogP contribution in [0.4, 0.5) is 0 Å². The van der Waals surface area contributed by atoms with Crippen molar-refractivity contribution in [2.45, 2.75) is 6.92 Å². The molecule has 0 radical (unpaired) electrons. The molecule has 0 aromatic carbocycles. The standard InChI is InChI=1S/C3H9NO2S.ClH/c1-3-7(5,6)4-2;/h4H,3H2,1-2H3;1H. The summed E-state index contributed by atoms with van der Waals surface area (Å²) in [4.78, 5) is 0. The lowest BCUT2D eigenvalue weighted by Crippen LogP contribution is -2.19. The lowest BCUT2D eigenvalue weighted by atomic mass is 11.0. The summed E-state index contributed by atoms with van der Waals surface area (Å²) in [6.07, 6.45) is 0. The van der Waals surface area contributed by atoms with Crippen molar-refractivity contribution in [2.24, 2.45) is 0 Å². The van der Waals surface area contributed by atoms with E-state index in [1.807, 2.05) is 0 Å². The van der Waals surface area contributed by atoms with Gasteiger partial charge in [0.15, 0.2) is 0 Å². The van der Waals surface area contributed by atoms with Gasteiger partial charge in [0.25, 0.3) is 0 Å². The Labute approximate surface area is 55.9 Å². The summed E-state index contributed by atoms with van der Waals surface area (Å²) < 4.78 is 22.7. The average Bonchev–Trinajstić information content (AvgIpc) is 1.68. The highest BCUT2D eigenvalue weighted by Crippen LogP contribution is 1.75. The van der Waals surface area contributed by atoms with Crippen LogP contribution in [0.5, 0.6) is 0 Å². The van der Waals surface area contributed by atoms with Crippen molar-refractivity contribution in [3.8, 4) is 0 Å². The first-order chi connectivity index (χ1) is 3.12. The van der Waals surface area contributed by atoms with Gasteiger partial charge in [-0.05, 0) is 14.0 Å². The fourth-order valence-electron chi connectivity index (χ4n) is 0.144. The Bertz CT molecular complexity index is 120. The summed E-state index contributed by atoms with van der Waals surface area (Å²) >= 11 is 0. The third-order valence-corrected chi connectivity index (χ3v) is 2.07. The number of hydrogen-bond acceptors (Lipinski definition) is 2. The predicted molar refractivity (Wildman–Crippen MR) is 35.8 cm³/mol. The van der Waals surface area contributed by atoms with Gasteiger partial charge in [-0.2, -0.15) is 0 Å². The highest BCUT2D eigenvalue weighted by atomic mass is 35.5. The minimum atomic E-state index is -2.91. The number of rotatable bonds is 2. The summed E-state index contributed by atoms with van der Waals surface area (Å²) in [6.45, 7) is 1.59. The zero-order chi connectivity index (χ0) is 5.91. The second kappa shape index (κ2) is 4.12. The van der Waals surface area contributed by atoms with Gasteiger partial charge in [0.2, 0.25) is 10.0 Å². The van der Waals surface area contributed by atoms with Crippen LogP contribution in [-0.2, 0) is 10.0 Å². The molecule has 0 saturated carbocycles. The van der Waals surface area contributed by atoms with Crippen LogP contribution >= 0.6 is 12.4 Å². The van der Waals surface area contributed by atoms with E-state index >= 15 is 0 Å². The Morgan fingerprint density at radius 1 is 1.50 bits per heavy atom. The second-order valence-electron chi connectivity index (χ2n) is 1.11. The van der Waals surface area contributed by atoms with Crippen molar-refractivity contribution >= 4 is 22.4 Å². The lowest BCUT2D eigenvalue weighted by molar-refractivity contribution is 0.589. The molecule has 0 atom stereocenters. The average molecular weight is 160 g/mol. The van der Waals surface area contributed by atoms with E-state index in [-0.39, 0.29) is 18.2 Å². The van der Waals surface area contributed by atoms with Crippen molar-refractivity contribution in [1.29, 1.82) is 0 Å². The zero-order valence-electron chi connectivity index (χ0n) is 4.84. The number of sulfonamides is 1. The van der Waals surface area contributed by atoms with E-state index in [9.17, 15) is 8.42 Å². The molecular formula is C3H10ClNO2S. The molecule has 0 heterocycles. The molecule has 0 rings (SSSR count). The van der Waals surface area contributed by atoms with E-state index in [1.54, 1.807) is 6.92 Å². The van der Waals surface area contributed by atoms with E-state index in [0.29, 0.717) is 0 Å². The maximum absolute atomic E-state index is 10.3. The minimum absolute atomic E-state index is 0. The van der Waals surface area contributed by atoms with Crippen LogP contribution in [0.2, 0.25) is 0 Å². The summed E-state index contributed by atoms with van der Waals surface area (Å²) in [7, 11) is -1.51. The molecular weight excluding hydrogens is 150 g/mol. The molecule has 0 fully saturated rings. The Morgan fingerprint density at radius 3 is 1.88 bits per heavy atom. The molecule has 52 valence electrons. The van der Waals surface area contributed by atoms with Gasteiger partial charge >= 0.3 is 0 Å². The van der Waals surface area contributed by atoms with Gasteiger partial charge in [0.1, 0.15) is 0 Å². The number of nitrogens with one attached hydrogen (secondary N) is 1. The largest absolute Gasteiger partial charge is 0.218 e. The first kappa shape index (κ1) is 11.1. The maximum Gasteiger partial charge on any atom is 0.211 e. The van der Waals surface area contributed by atoms with E-state index in [0.717, 1.165) is 0 Å². The fourth-order valence-corrected chi connectivity index (χ4v) is 0.433. The van der Waals surface area contributed by atoms with Crippen molar-refractivity contribution in [3.63, 3.8) is 0 Å².